The summed E-state index contributed by atoms with van der Waals surface area (Å²) in [4.78, 5) is 27.8. The lowest BCUT2D eigenvalue weighted by Gasteiger charge is -2.33. The van der Waals surface area contributed by atoms with Gasteiger partial charge in [-0.25, -0.2) is 8.42 Å². The molecule has 8 nitrogen and oxygen atoms in total. The van der Waals surface area contributed by atoms with Crippen molar-refractivity contribution in [2.24, 2.45) is 0 Å². The van der Waals surface area contributed by atoms with Crippen LogP contribution in [0, 0.1) is 0 Å². The van der Waals surface area contributed by atoms with Crippen LogP contribution in [0.3, 0.4) is 0 Å². The summed E-state index contributed by atoms with van der Waals surface area (Å²) in [5, 5.41) is 3.54. The highest BCUT2D eigenvalue weighted by atomic mass is 35.5. The molecule has 11 heteroatoms. The van der Waals surface area contributed by atoms with Crippen LogP contribution in [0.1, 0.15) is 33.3 Å². The summed E-state index contributed by atoms with van der Waals surface area (Å²) < 4.78 is 31.3. The second kappa shape index (κ2) is 11.5. The summed E-state index contributed by atoms with van der Waals surface area (Å²) in [6.45, 7) is 6.62. The minimum Gasteiger partial charge on any atom is -0.495 e. The number of hydrogen-bond donors (Lipinski definition) is 1. The molecule has 1 atom stereocenters. The maximum Gasteiger partial charge on any atom is 0.244 e. The summed E-state index contributed by atoms with van der Waals surface area (Å²) in [7, 11) is -2.43. The summed E-state index contributed by atoms with van der Waals surface area (Å²) >= 11 is 12.3. The number of methoxy groups -OCH3 is 1. The molecule has 0 saturated carbocycles. The molecular weight excluding hydrogens is 513 g/mol. The van der Waals surface area contributed by atoms with E-state index < -0.39 is 34.1 Å². The summed E-state index contributed by atoms with van der Waals surface area (Å²) in [6.07, 6.45) is 0.996. The van der Waals surface area contributed by atoms with E-state index in [4.69, 9.17) is 27.9 Å². The number of nitrogens with one attached hydrogen (secondary N) is 1. The molecule has 0 saturated heterocycles. The lowest BCUT2D eigenvalue weighted by molar-refractivity contribution is -0.140. The van der Waals surface area contributed by atoms with Crippen molar-refractivity contribution >= 4 is 50.7 Å². The molecule has 192 valence electrons. The van der Waals surface area contributed by atoms with Gasteiger partial charge < -0.3 is 15.0 Å². The van der Waals surface area contributed by atoms with Crippen LogP contribution in [0.2, 0.25) is 10.0 Å². The minimum atomic E-state index is -3.87. The fourth-order valence-electron chi connectivity index (χ4n) is 3.31. The lowest BCUT2D eigenvalue weighted by Crippen LogP contribution is -2.54. The Labute approximate surface area is 217 Å². The van der Waals surface area contributed by atoms with E-state index in [9.17, 15) is 18.0 Å². The molecule has 35 heavy (non-hydrogen) atoms. The Bertz CT molecular complexity index is 1180. The molecule has 2 aromatic carbocycles. The second-order valence-corrected chi connectivity index (χ2v) is 11.9. The molecule has 1 N–H and O–H groups in total. The van der Waals surface area contributed by atoms with Gasteiger partial charge in [-0.1, -0.05) is 35.3 Å². The normalized spacial score (nSPS) is 12.6. The Kier molecular flexibility index (Phi) is 9.44. The topological polar surface area (TPSA) is 96.0 Å². The van der Waals surface area contributed by atoms with Gasteiger partial charge in [0.25, 0.3) is 0 Å². The molecule has 0 aliphatic carbocycles. The highest BCUT2D eigenvalue weighted by molar-refractivity contribution is 7.92. The van der Waals surface area contributed by atoms with Crippen LogP contribution in [0.15, 0.2) is 42.5 Å². The van der Waals surface area contributed by atoms with Gasteiger partial charge in [0, 0.05) is 17.1 Å². The van der Waals surface area contributed by atoms with E-state index >= 15 is 0 Å². The smallest absolute Gasteiger partial charge is 0.244 e. The van der Waals surface area contributed by atoms with Gasteiger partial charge in [0.1, 0.15) is 18.3 Å². The molecule has 0 aliphatic heterocycles. The average molecular weight is 545 g/mol. The van der Waals surface area contributed by atoms with Crippen molar-refractivity contribution < 1.29 is 22.7 Å². The summed E-state index contributed by atoms with van der Waals surface area (Å²) in [5.74, 6) is -0.574. The lowest BCUT2D eigenvalue weighted by atomic mass is 10.1. The number of anilines is 1. The van der Waals surface area contributed by atoms with Gasteiger partial charge in [0.05, 0.1) is 24.1 Å². The average Bonchev–Trinajstić information content (AvgIpc) is 2.73. The molecule has 0 fully saturated rings. The van der Waals surface area contributed by atoms with Gasteiger partial charge in [-0.15, -0.1) is 0 Å². The minimum absolute atomic E-state index is 0.0547. The van der Waals surface area contributed by atoms with Crippen molar-refractivity contribution in [3.05, 3.63) is 58.1 Å². The first-order valence-electron chi connectivity index (χ1n) is 10.8. The molecule has 1 unspecified atom stereocenters. The third-order valence-corrected chi connectivity index (χ3v) is 6.68. The number of rotatable bonds is 9. The Hall–Kier alpha value is -2.49. The maximum atomic E-state index is 13.5. The van der Waals surface area contributed by atoms with Crippen LogP contribution < -0.4 is 14.4 Å². The molecule has 0 spiro atoms. The van der Waals surface area contributed by atoms with Crippen molar-refractivity contribution in [1.82, 2.24) is 10.2 Å². The second-order valence-electron chi connectivity index (χ2n) is 9.16. The first kappa shape index (κ1) is 28.7. The number of hydrogen-bond acceptors (Lipinski definition) is 5. The Morgan fingerprint density at radius 3 is 2.29 bits per heavy atom. The Morgan fingerprint density at radius 2 is 1.77 bits per heavy atom. The van der Waals surface area contributed by atoms with Crippen LogP contribution in [0.25, 0.3) is 0 Å². The SMILES string of the molecule is COc1ccc(N(CC(=O)N(Cc2cccc(Cl)c2)C(C)C(=O)NC(C)(C)C)S(C)(=O)=O)cc1Cl. The zero-order valence-electron chi connectivity index (χ0n) is 20.6. The third-order valence-electron chi connectivity index (χ3n) is 5.01. The van der Waals surface area contributed by atoms with E-state index in [1.807, 2.05) is 20.8 Å². The van der Waals surface area contributed by atoms with Gasteiger partial charge in [-0.2, -0.15) is 0 Å². The molecule has 0 aliphatic rings. The van der Waals surface area contributed by atoms with Gasteiger partial charge in [-0.3, -0.25) is 13.9 Å². The van der Waals surface area contributed by atoms with Crippen LogP contribution in [-0.4, -0.2) is 56.6 Å². The van der Waals surface area contributed by atoms with Crippen molar-refractivity contribution in [2.75, 3.05) is 24.2 Å². The van der Waals surface area contributed by atoms with Gasteiger partial charge in [0.2, 0.25) is 21.8 Å². The number of amides is 2. The van der Waals surface area contributed by atoms with E-state index in [0.717, 1.165) is 10.6 Å². The number of halogens is 2. The zero-order chi connectivity index (χ0) is 26.6. The predicted octanol–water partition coefficient (Wildman–Crippen LogP) is 4.10. The standard InChI is InChI=1S/C24H31Cl2N3O5S/c1-16(23(31)27-24(2,3)4)28(14-17-8-7-9-18(25)12-17)22(30)15-29(35(6,32)33)19-10-11-21(34-5)20(26)13-19/h7-13,16H,14-15H2,1-6H3,(H,27,31). The number of carbonyl (C=O) groups excluding carboxylic acids is 2. The van der Waals surface area contributed by atoms with E-state index in [2.05, 4.69) is 5.32 Å². The number of ether oxygens (including phenoxy) is 1. The van der Waals surface area contributed by atoms with E-state index in [-0.39, 0.29) is 23.2 Å². The molecular formula is C24H31Cl2N3O5S. The molecule has 0 heterocycles. The van der Waals surface area contributed by atoms with Crippen molar-refractivity contribution in [1.29, 1.82) is 0 Å². The van der Waals surface area contributed by atoms with Crippen molar-refractivity contribution in [3.8, 4) is 5.75 Å². The predicted molar refractivity (Wildman–Crippen MR) is 140 cm³/mol. The highest BCUT2D eigenvalue weighted by Gasteiger charge is 2.31. The molecule has 0 aromatic heterocycles. The summed E-state index contributed by atoms with van der Waals surface area (Å²) in [5.41, 5.74) is 0.371. The maximum absolute atomic E-state index is 13.5. The molecule has 0 bridgehead atoms. The third kappa shape index (κ3) is 8.30. The first-order valence-corrected chi connectivity index (χ1v) is 13.4. The first-order chi connectivity index (χ1) is 16.1. The molecule has 0 radical (unpaired) electrons. The van der Waals surface area contributed by atoms with Gasteiger partial charge >= 0.3 is 0 Å². The number of nitrogens with zero attached hydrogens (tertiary/aromatic N) is 2. The Balaban J connectivity index is 2.43. The van der Waals surface area contributed by atoms with E-state index in [1.54, 1.807) is 31.2 Å². The van der Waals surface area contributed by atoms with Crippen molar-refractivity contribution in [3.63, 3.8) is 0 Å². The highest BCUT2D eigenvalue weighted by Crippen LogP contribution is 2.30. The molecule has 2 rings (SSSR count). The summed E-state index contributed by atoms with van der Waals surface area (Å²) in [6, 6.07) is 10.4. The van der Waals surface area contributed by atoms with E-state index in [1.165, 1.54) is 30.2 Å². The van der Waals surface area contributed by atoms with Crippen LogP contribution in [0.5, 0.6) is 5.75 Å². The number of carbonyl (C=O) groups is 2. The monoisotopic (exact) mass is 543 g/mol. The number of benzene rings is 2. The fourth-order valence-corrected chi connectivity index (χ4v) is 4.62. The van der Waals surface area contributed by atoms with E-state index in [0.29, 0.717) is 16.3 Å². The van der Waals surface area contributed by atoms with Gasteiger partial charge in [-0.05, 0) is 63.6 Å². The largest absolute Gasteiger partial charge is 0.495 e. The van der Waals surface area contributed by atoms with Crippen LogP contribution in [-0.2, 0) is 26.2 Å². The Morgan fingerprint density at radius 1 is 1.11 bits per heavy atom. The fraction of sp³-hybridized carbons (Fsp3) is 0.417. The van der Waals surface area contributed by atoms with Gasteiger partial charge in [0.15, 0.2) is 0 Å². The molecule has 2 amide bonds. The van der Waals surface area contributed by atoms with Crippen molar-refractivity contribution in [2.45, 2.75) is 45.8 Å². The van der Waals surface area contributed by atoms with Crippen LogP contribution >= 0.6 is 23.2 Å². The molecule has 2 aromatic rings. The number of sulfonamides is 1. The van der Waals surface area contributed by atoms with Crippen LogP contribution in [0.4, 0.5) is 5.69 Å². The zero-order valence-corrected chi connectivity index (χ0v) is 23.0. The quantitative estimate of drug-likeness (QED) is 0.513.